The molecule has 0 radical (unpaired) electrons. The summed E-state index contributed by atoms with van der Waals surface area (Å²) in [6.07, 6.45) is 2.87. The van der Waals surface area contributed by atoms with Crippen molar-refractivity contribution in [2.45, 2.75) is 24.3 Å². The number of benzene rings is 3. The Morgan fingerprint density at radius 2 is 1.62 bits per heavy atom. The van der Waals surface area contributed by atoms with Crippen LogP contribution >= 0.6 is 0 Å². The summed E-state index contributed by atoms with van der Waals surface area (Å²) in [4.78, 5) is 4.77. The van der Waals surface area contributed by atoms with Gasteiger partial charge < -0.3 is 5.11 Å². The number of sulfone groups is 1. The van der Waals surface area contributed by atoms with Crippen LogP contribution in [-0.4, -0.2) is 29.3 Å². The van der Waals surface area contributed by atoms with Crippen LogP contribution in [0.25, 0.3) is 28.2 Å². The van der Waals surface area contributed by atoms with Gasteiger partial charge in [0.15, 0.2) is 9.84 Å². The Kier molecular flexibility index (Phi) is 5.48. The van der Waals surface area contributed by atoms with Crippen molar-refractivity contribution in [3.8, 4) is 28.2 Å². The van der Waals surface area contributed by atoms with Crippen molar-refractivity contribution in [3.05, 3.63) is 90.5 Å². The van der Waals surface area contributed by atoms with Crippen LogP contribution in [0.3, 0.4) is 0 Å². The molecule has 0 aliphatic rings. The molecule has 0 aliphatic heterocycles. The highest BCUT2D eigenvalue weighted by Gasteiger charge is 2.24. The third-order valence-corrected chi connectivity index (χ3v) is 6.30. The summed E-state index contributed by atoms with van der Waals surface area (Å²) in [5.74, 6) is -0.0251. The fourth-order valence-electron chi connectivity index (χ4n) is 3.43. The molecule has 1 N–H and O–H groups in total. The smallest absolute Gasteiger partial charge is 0.175 e. The highest BCUT2D eigenvalue weighted by molar-refractivity contribution is 7.90. The minimum atomic E-state index is -3.31. The van der Waals surface area contributed by atoms with E-state index >= 15 is 0 Å². The summed E-state index contributed by atoms with van der Waals surface area (Å²) in [5, 5.41) is 10.5. The van der Waals surface area contributed by atoms with E-state index in [9.17, 15) is 17.9 Å². The van der Waals surface area contributed by atoms with E-state index in [1.54, 1.807) is 61.0 Å². The molecule has 3 aromatic carbocycles. The third-order valence-electron chi connectivity index (χ3n) is 5.19. The zero-order valence-corrected chi connectivity index (χ0v) is 18.8. The van der Waals surface area contributed by atoms with Gasteiger partial charge in [0.25, 0.3) is 0 Å². The molecule has 0 bridgehead atoms. The van der Waals surface area contributed by atoms with Crippen LogP contribution < -0.4 is 0 Å². The van der Waals surface area contributed by atoms with E-state index in [2.05, 4.69) is 4.98 Å². The fraction of sp³-hybridized carbons (Fsp3) is 0.160. The van der Waals surface area contributed by atoms with Crippen molar-refractivity contribution >= 4 is 9.84 Å². The van der Waals surface area contributed by atoms with Crippen molar-refractivity contribution in [2.24, 2.45) is 0 Å². The molecule has 1 heterocycles. The molecule has 5 nitrogen and oxygen atoms in total. The Labute approximate surface area is 186 Å². The molecular formula is C25H23FN2O3S. The number of aliphatic hydroxyl groups is 1. The molecule has 7 heteroatoms. The molecule has 0 saturated heterocycles. The molecular weight excluding hydrogens is 427 g/mol. The van der Waals surface area contributed by atoms with E-state index in [0.29, 0.717) is 17.1 Å². The van der Waals surface area contributed by atoms with Crippen molar-refractivity contribution in [1.82, 2.24) is 9.55 Å². The van der Waals surface area contributed by atoms with Crippen LogP contribution in [0.5, 0.6) is 0 Å². The van der Waals surface area contributed by atoms with Gasteiger partial charge in [-0.2, -0.15) is 0 Å². The lowest BCUT2D eigenvalue weighted by Gasteiger charge is -2.13. The van der Waals surface area contributed by atoms with E-state index in [1.807, 2.05) is 30.3 Å². The number of rotatable bonds is 5. The largest absolute Gasteiger partial charge is 0.384 e. The fourth-order valence-corrected chi connectivity index (χ4v) is 4.09. The second-order valence-electron chi connectivity index (χ2n) is 8.21. The monoisotopic (exact) mass is 450 g/mol. The van der Waals surface area contributed by atoms with Crippen LogP contribution in [-0.2, 0) is 15.4 Å². The second-order valence-corrected chi connectivity index (χ2v) is 10.2. The summed E-state index contributed by atoms with van der Waals surface area (Å²) in [6, 6.07) is 20.6. The highest BCUT2D eigenvalue weighted by atomic mass is 32.2. The number of halogens is 1. The van der Waals surface area contributed by atoms with Gasteiger partial charge in [-0.25, -0.2) is 17.8 Å². The molecule has 0 fully saturated rings. The van der Waals surface area contributed by atoms with E-state index in [-0.39, 0.29) is 4.90 Å². The average molecular weight is 451 g/mol. The maximum Gasteiger partial charge on any atom is 0.175 e. The zero-order chi connectivity index (χ0) is 23.1. The quantitative estimate of drug-likeness (QED) is 0.466. The van der Waals surface area contributed by atoms with Gasteiger partial charge in [0.2, 0.25) is 0 Å². The minimum Gasteiger partial charge on any atom is -0.384 e. The molecule has 0 aliphatic carbocycles. The molecule has 0 saturated carbocycles. The third kappa shape index (κ3) is 4.35. The van der Waals surface area contributed by atoms with E-state index < -0.39 is 21.3 Å². The molecule has 0 atom stereocenters. The molecule has 0 amide bonds. The normalized spacial score (nSPS) is 12.2. The molecule has 4 rings (SSSR count). The first kappa shape index (κ1) is 21.9. The predicted octanol–water partition coefficient (Wildman–Crippen LogP) is 4.98. The first-order chi connectivity index (χ1) is 15.0. The summed E-state index contributed by atoms with van der Waals surface area (Å²) >= 11 is 0. The molecule has 1 aromatic heterocycles. The van der Waals surface area contributed by atoms with Gasteiger partial charge in [-0.3, -0.25) is 4.57 Å². The van der Waals surface area contributed by atoms with Gasteiger partial charge in [0, 0.05) is 18.1 Å². The molecule has 164 valence electrons. The Morgan fingerprint density at radius 3 is 2.25 bits per heavy atom. The van der Waals surface area contributed by atoms with Crippen molar-refractivity contribution < 1.29 is 17.9 Å². The standard InChI is InChI=1S/C25H23FN2O3S/c1-25(2,29)23-16-28(24(27-23)21-9-4-5-10-22(21)26)19-13-11-17(12-14-19)18-7-6-8-20(15-18)32(3,30)31/h4-16,29H,1-3H3. The number of aromatic nitrogens is 2. The number of imidazole rings is 1. The summed E-state index contributed by atoms with van der Waals surface area (Å²) in [5.41, 5.74) is 1.89. The van der Waals surface area contributed by atoms with Crippen LogP contribution in [0.2, 0.25) is 0 Å². The molecule has 4 aromatic rings. The first-order valence-corrected chi connectivity index (χ1v) is 11.9. The van der Waals surface area contributed by atoms with Gasteiger partial charge in [0.05, 0.1) is 16.2 Å². The predicted molar refractivity (Wildman–Crippen MR) is 123 cm³/mol. The summed E-state index contributed by atoms with van der Waals surface area (Å²) in [7, 11) is -3.31. The van der Waals surface area contributed by atoms with Crippen molar-refractivity contribution in [3.63, 3.8) is 0 Å². The maximum absolute atomic E-state index is 14.5. The maximum atomic E-state index is 14.5. The van der Waals surface area contributed by atoms with Crippen LogP contribution in [0, 0.1) is 5.82 Å². The SMILES string of the molecule is CC(C)(O)c1cn(-c2ccc(-c3cccc(S(C)(=O)=O)c3)cc2)c(-c2ccccc2F)n1. The topological polar surface area (TPSA) is 72.2 Å². The van der Waals surface area contributed by atoms with E-state index in [1.165, 1.54) is 12.3 Å². The van der Waals surface area contributed by atoms with E-state index in [4.69, 9.17) is 0 Å². The first-order valence-electron chi connectivity index (χ1n) is 10.0. The van der Waals surface area contributed by atoms with E-state index in [0.717, 1.165) is 16.8 Å². The van der Waals surface area contributed by atoms with Gasteiger partial charge in [-0.05, 0) is 61.4 Å². The average Bonchev–Trinajstić information content (AvgIpc) is 3.19. The summed E-state index contributed by atoms with van der Waals surface area (Å²) in [6.45, 7) is 3.26. The lowest BCUT2D eigenvalue weighted by Crippen LogP contribution is -2.15. The Balaban J connectivity index is 1.80. The van der Waals surface area contributed by atoms with Crippen LogP contribution in [0.4, 0.5) is 4.39 Å². The number of nitrogens with zero attached hydrogens (tertiary/aromatic N) is 2. The molecule has 32 heavy (non-hydrogen) atoms. The van der Waals surface area contributed by atoms with Gasteiger partial charge in [0.1, 0.15) is 17.2 Å². The van der Waals surface area contributed by atoms with Gasteiger partial charge in [-0.15, -0.1) is 0 Å². The highest BCUT2D eigenvalue weighted by Crippen LogP contribution is 2.30. The van der Waals surface area contributed by atoms with Gasteiger partial charge >= 0.3 is 0 Å². The Hall–Kier alpha value is -3.29. The van der Waals surface area contributed by atoms with Gasteiger partial charge in [-0.1, -0.05) is 36.4 Å². The lowest BCUT2D eigenvalue weighted by molar-refractivity contribution is 0.0743. The number of hydrogen-bond acceptors (Lipinski definition) is 4. The summed E-state index contributed by atoms with van der Waals surface area (Å²) < 4.78 is 40.0. The zero-order valence-electron chi connectivity index (χ0n) is 17.9. The second kappa shape index (κ2) is 8.00. The van der Waals surface area contributed by atoms with Crippen molar-refractivity contribution in [1.29, 1.82) is 0 Å². The molecule has 0 unspecified atom stereocenters. The van der Waals surface area contributed by atoms with Crippen LogP contribution in [0.1, 0.15) is 19.5 Å². The van der Waals surface area contributed by atoms with Crippen LogP contribution in [0.15, 0.2) is 83.9 Å². The Morgan fingerprint density at radius 1 is 0.938 bits per heavy atom. The lowest BCUT2D eigenvalue weighted by atomic mass is 10.1. The number of hydrogen-bond donors (Lipinski definition) is 1. The minimum absolute atomic E-state index is 0.255. The molecule has 0 spiro atoms. The Bertz CT molecular complexity index is 1390. The van der Waals surface area contributed by atoms with Crippen molar-refractivity contribution in [2.75, 3.05) is 6.26 Å².